The number of nitrogens with one attached hydrogen (secondary N) is 1. The number of carbonyl (C=O) groups excluding carboxylic acids is 2. The van der Waals surface area contributed by atoms with Crippen molar-refractivity contribution in [3.63, 3.8) is 0 Å². The molecule has 6 heteroatoms. The number of amides is 1. The van der Waals surface area contributed by atoms with Gasteiger partial charge in [-0.25, -0.2) is 0 Å². The highest BCUT2D eigenvalue weighted by molar-refractivity contribution is 5.76. The molecule has 0 saturated carbocycles. The molecule has 0 aromatic rings. The van der Waals surface area contributed by atoms with Gasteiger partial charge in [-0.3, -0.25) is 9.59 Å². The molecule has 2 atom stereocenters. The van der Waals surface area contributed by atoms with Crippen LogP contribution in [0, 0.1) is 0 Å². The summed E-state index contributed by atoms with van der Waals surface area (Å²) in [7, 11) is 0. The van der Waals surface area contributed by atoms with Crippen molar-refractivity contribution in [2.45, 2.75) is 392 Å². The molecule has 0 aliphatic rings. The Hall–Kier alpha value is -1.66. The number of aliphatic hydroxyl groups is 2. The average molecular weight is 1060 g/mol. The molecule has 3 N–H and O–H groups in total. The summed E-state index contributed by atoms with van der Waals surface area (Å²) in [6.07, 6.45) is 80.8. The fourth-order valence-electron chi connectivity index (χ4n) is 10.8. The number of rotatable bonds is 64. The normalized spacial score (nSPS) is 12.6. The van der Waals surface area contributed by atoms with Crippen molar-refractivity contribution in [3.8, 4) is 0 Å². The van der Waals surface area contributed by atoms with Gasteiger partial charge < -0.3 is 20.3 Å². The molecule has 0 heterocycles. The number of ether oxygens (including phenoxy) is 1. The third-order valence-electron chi connectivity index (χ3n) is 16.0. The Labute approximate surface area is 469 Å². The standard InChI is InChI=1S/C69H133NO5/c1-3-5-7-9-11-13-15-17-38-41-45-49-53-57-61-67(72)66(65-71)70-68(73)62-58-54-50-46-42-39-35-33-31-29-27-25-23-21-19-18-20-22-24-26-28-30-32-34-36-40-44-48-52-56-60-64-75-69(74)63-59-55-51-47-43-37-16-14-12-10-8-6-4-2/h20,22,26,28,66-67,71-72H,3-19,21,23-25,27,29-65H2,1-2H3,(H,70,73)/b22-20-,28-26-. The lowest BCUT2D eigenvalue weighted by Gasteiger charge is -2.22. The predicted molar refractivity (Wildman–Crippen MR) is 329 cm³/mol. The molecule has 2 unspecified atom stereocenters. The second-order valence-corrected chi connectivity index (χ2v) is 23.5. The molecule has 0 rings (SSSR count). The van der Waals surface area contributed by atoms with E-state index < -0.39 is 12.1 Å². The Balaban J connectivity index is 3.38. The van der Waals surface area contributed by atoms with Crippen LogP contribution in [0.1, 0.15) is 380 Å². The SMILES string of the molecule is CCCCCCCCCCCCCCCCC(O)C(CO)NC(=O)CCCCCCCCCCCCCCCCC/C=C\C/C=C\CCCCCCCCCCCOC(=O)CCCCCCCCCCCCCCC. The molecule has 0 fully saturated rings. The molecule has 0 aliphatic heterocycles. The largest absolute Gasteiger partial charge is 0.466 e. The van der Waals surface area contributed by atoms with E-state index in [0.29, 0.717) is 25.9 Å². The van der Waals surface area contributed by atoms with Gasteiger partial charge in [-0.2, -0.15) is 0 Å². The highest BCUT2D eigenvalue weighted by atomic mass is 16.5. The van der Waals surface area contributed by atoms with E-state index in [1.165, 1.54) is 302 Å². The minimum absolute atomic E-state index is 0.0152. The molecule has 0 aromatic carbocycles. The third-order valence-corrected chi connectivity index (χ3v) is 16.0. The number of hydrogen-bond acceptors (Lipinski definition) is 5. The lowest BCUT2D eigenvalue weighted by atomic mass is 10.0. The number of aliphatic hydroxyl groups excluding tert-OH is 2. The van der Waals surface area contributed by atoms with E-state index in [1.807, 2.05) is 0 Å². The van der Waals surface area contributed by atoms with Crippen molar-refractivity contribution in [2.24, 2.45) is 0 Å². The highest BCUT2D eigenvalue weighted by Crippen LogP contribution is 2.18. The number of allylic oxidation sites excluding steroid dienone is 4. The highest BCUT2D eigenvalue weighted by Gasteiger charge is 2.20. The number of carbonyl (C=O) groups is 2. The van der Waals surface area contributed by atoms with Gasteiger partial charge in [0, 0.05) is 12.8 Å². The first kappa shape index (κ1) is 73.3. The van der Waals surface area contributed by atoms with Gasteiger partial charge >= 0.3 is 5.97 Å². The Bertz CT molecular complexity index is 1170. The zero-order valence-electron chi connectivity index (χ0n) is 50.8. The zero-order valence-corrected chi connectivity index (χ0v) is 50.8. The summed E-state index contributed by atoms with van der Waals surface area (Å²) in [4.78, 5) is 24.5. The molecule has 1 amide bonds. The van der Waals surface area contributed by atoms with E-state index in [9.17, 15) is 19.8 Å². The van der Waals surface area contributed by atoms with Crippen LogP contribution in [0.25, 0.3) is 0 Å². The first-order valence-electron chi connectivity index (χ1n) is 34.1. The number of hydrogen-bond donors (Lipinski definition) is 3. The molecule has 0 aromatic heterocycles. The van der Waals surface area contributed by atoms with Crippen molar-refractivity contribution >= 4 is 11.9 Å². The summed E-state index contributed by atoms with van der Waals surface area (Å²) in [5, 5.41) is 23.3. The second kappa shape index (κ2) is 64.9. The Morgan fingerprint density at radius 1 is 0.373 bits per heavy atom. The molecule has 75 heavy (non-hydrogen) atoms. The van der Waals surface area contributed by atoms with Crippen LogP contribution in [0.4, 0.5) is 0 Å². The number of esters is 1. The fraction of sp³-hybridized carbons (Fsp3) is 0.913. The first-order chi connectivity index (χ1) is 37.0. The van der Waals surface area contributed by atoms with Crippen molar-refractivity contribution in [3.05, 3.63) is 24.3 Å². The van der Waals surface area contributed by atoms with Crippen LogP contribution in [0.3, 0.4) is 0 Å². The van der Waals surface area contributed by atoms with Gasteiger partial charge in [0.15, 0.2) is 0 Å². The minimum atomic E-state index is -0.663. The monoisotopic (exact) mass is 1060 g/mol. The minimum Gasteiger partial charge on any atom is -0.466 e. The van der Waals surface area contributed by atoms with Crippen LogP contribution in [-0.4, -0.2) is 47.4 Å². The molecule has 0 bridgehead atoms. The van der Waals surface area contributed by atoms with Crippen LogP contribution < -0.4 is 5.32 Å². The maximum Gasteiger partial charge on any atom is 0.305 e. The maximum atomic E-state index is 12.5. The first-order valence-corrected chi connectivity index (χ1v) is 34.1. The van der Waals surface area contributed by atoms with Gasteiger partial charge in [-0.1, -0.05) is 334 Å². The second-order valence-electron chi connectivity index (χ2n) is 23.5. The lowest BCUT2D eigenvalue weighted by molar-refractivity contribution is -0.143. The third kappa shape index (κ3) is 61.4. The lowest BCUT2D eigenvalue weighted by Crippen LogP contribution is -2.45. The van der Waals surface area contributed by atoms with Crippen LogP contribution in [0.5, 0.6) is 0 Å². The molecule has 0 saturated heterocycles. The number of unbranched alkanes of at least 4 members (excludes halogenated alkanes) is 49. The van der Waals surface area contributed by atoms with Crippen molar-refractivity contribution in [1.29, 1.82) is 0 Å². The van der Waals surface area contributed by atoms with Gasteiger partial charge in [-0.05, 0) is 57.8 Å². The van der Waals surface area contributed by atoms with Crippen molar-refractivity contribution in [2.75, 3.05) is 13.2 Å². The van der Waals surface area contributed by atoms with Gasteiger partial charge in [0.25, 0.3) is 0 Å². The summed E-state index contributed by atoms with van der Waals surface area (Å²) in [6.45, 7) is 4.98. The molecule has 6 nitrogen and oxygen atoms in total. The molecule has 0 spiro atoms. The van der Waals surface area contributed by atoms with Gasteiger partial charge in [0.05, 0.1) is 25.4 Å². The summed E-state index contributed by atoms with van der Waals surface area (Å²) >= 11 is 0. The Morgan fingerprint density at radius 3 is 1.01 bits per heavy atom. The summed E-state index contributed by atoms with van der Waals surface area (Å²) < 4.78 is 5.48. The van der Waals surface area contributed by atoms with Crippen LogP contribution in [0.15, 0.2) is 24.3 Å². The van der Waals surface area contributed by atoms with Crippen LogP contribution in [-0.2, 0) is 14.3 Å². The van der Waals surface area contributed by atoms with E-state index >= 15 is 0 Å². The summed E-state index contributed by atoms with van der Waals surface area (Å²) in [5.74, 6) is -0.0169. The van der Waals surface area contributed by atoms with E-state index in [1.54, 1.807) is 0 Å². The van der Waals surface area contributed by atoms with E-state index in [0.717, 1.165) is 44.9 Å². The Morgan fingerprint density at radius 2 is 0.667 bits per heavy atom. The summed E-state index contributed by atoms with van der Waals surface area (Å²) in [6, 6.07) is -0.540. The summed E-state index contributed by atoms with van der Waals surface area (Å²) in [5.41, 5.74) is 0. The van der Waals surface area contributed by atoms with E-state index in [-0.39, 0.29) is 18.5 Å². The fourth-order valence-corrected chi connectivity index (χ4v) is 10.8. The Kier molecular flexibility index (Phi) is 63.4. The van der Waals surface area contributed by atoms with Crippen molar-refractivity contribution in [1.82, 2.24) is 5.32 Å². The molecular formula is C69H133NO5. The predicted octanol–water partition coefficient (Wildman–Crippen LogP) is 21.8. The van der Waals surface area contributed by atoms with Crippen molar-refractivity contribution < 1.29 is 24.5 Å². The maximum absolute atomic E-state index is 12.5. The van der Waals surface area contributed by atoms with E-state index in [2.05, 4.69) is 43.5 Å². The van der Waals surface area contributed by atoms with E-state index in [4.69, 9.17) is 4.74 Å². The molecular weight excluding hydrogens is 923 g/mol. The quantitative estimate of drug-likeness (QED) is 0.0320. The van der Waals surface area contributed by atoms with Gasteiger partial charge in [0.2, 0.25) is 5.91 Å². The topological polar surface area (TPSA) is 95.9 Å². The van der Waals surface area contributed by atoms with Gasteiger partial charge in [-0.15, -0.1) is 0 Å². The molecule has 0 radical (unpaired) electrons. The molecule has 0 aliphatic carbocycles. The smallest absolute Gasteiger partial charge is 0.305 e. The van der Waals surface area contributed by atoms with Crippen LogP contribution in [0.2, 0.25) is 0 Å². The van der Waals surface area contributed by atoms with Gasteiger partial charge in [0.1, 0.15) is 0 Å². The zero-order chi connectivity index (χ0) is 54.3. The van der Waals surface area contributed by atoms with Crippen LogP contribution >= 0.6 is 0 Å². The average Bonchev–Trinajstić information content (AvgIpc) is 3.41. The molecule has 444 valence electrons.